The molecule has 0 aromatic carbocycles. The SMILES string of the molecule is C(=C\C1CCOC1)/CC1CCOC1. The van der Waals surface area contributed by atoms with Crippen molar-refractivity contribution >= 4 is 0 Å². The normalized spacial score (nSPS) is 34.8. The van der Waals surface area contributed by atoms with Crippen LogP contribution < -0.4 is 0 Å². The van der Waals surface area contributed by atoms with Gasteiger partial charge in [-0.3, -0.25) is 0 Å². The fourth-order valence-electron chi connectivity index (χ4n) is 1.94. The third-order valence-corrected chi connectivity index (χ3v) is 2.87. The lowest BCUT2D eigenvalue weighted by atomic mass is 10.0. The maximum atomic E-state index is 5.32. The van der Waals surface area contributed by atoms with E-state index in [1.165, 1.54) is 19.3 Å². The first-order valence-corrected chi connectivity index (χ1v) is 5.27. The van der Waals surface area contributed by atoms with Gasteiger partial charge in [0, 0.05) is 25.7 Å². The highest BCUT2D eigenvalue weighted by molar-refractivity contribution is 4.91. The van der Waals surface area contributed by atoms with Crippen LogP contribution >= 0.6 is 0 Å². The molecule has 2 unspecified atom stereocenters. The van der Waals surface area contributed by atoms with E-state index in [9.17, 15) is 0 Å². The van der Waals surface area contributed by atoms with Crippen molar-refractivity contribution in [3.05, 3.63) is 12.2 Å². The number of hydrogen-bond donors (Lipinski definition) is 0. The molecular weight excluding hydrogens is 164 g/mol. The van der Waals surface area contributed by atoms with E-state index in [2.05, 4.69) is 12.2 Å². The molecule has 2 aliphatic heterocycles. The fourth-order valence-corrected chi connectivity index (χ4v) is 1.94. The molecular formula is C11H18O2. The van der Waals surface area contributed by atoms with Crippen LogP contribution in [-0.4, -0.2) is 26.4 Å². The van der Waals surface area contributed by atoms with Crippen molar-refractivity contribution in [1.82, 2.24) is 0 Å². The largest absolute Gasteiger partial charge is 0.381 e. The quantitative estimate of drug-likeness (QED) is 0.621. The van der Waals surface area contributed by atoms with E-state index in [4.69, 9.17) is 9.47 Å². The Morgan fingerprint density at radius 1 is 1.08 bits per heavy atom. The van der Waals surface area contributed by atoms with Crippen LogP contribution in [0.3, 0.4) is 0 Å². The summed E-state index contributed by atoms with van der Waals surface area (Å²) in [4.78, 5) is 0. The zero-order valence-electron chi connectivity index (χ0n) is 8.08. The van der Waals surface area contributed by atoms with E-state index in [-0.39, 0.29) is 0 Å². The Morgan fingerprint density at radius 2 is 1.92 bits per heavy atom. The molecule has 2 atom stereocenters. The third-order valence-electron chi connectivity index (χ3n) is 2.87. The van der Waals surface area contributed by atoms with E-state index in [1.54, 1.807) is 0 Å². The molecule has 0 aromatic rings. The summed E-state index contributed by atoms with van der Waals surface area (Å²) in [6.45, 7) is 3.80. The van der Waals surface area contributed by atoms with Crippen molar-refractivity contribution in [1.29, 1.82) is 0 Å². The van der Waals surface area contributed by atoms with Gasteiger partial charge >= 0.3 is 0 Å². The molecule has 0 saturated carbocycles. The molecule has 74 valence electrons. The third kappa shape index (κ3) is 2.82. The summed E-state index contributed by atoms with van der Waals surface area (Å²) in [6.07, 6.45) is 8.28. The van der Waals surface area contributed by atoms with Crippen molar-refractivity contribution < 1.29 is 9.47 Å². The number of rotatable bonds is 3. The molecule has 2 heteroatoms. The Bertz CT molecular complexity index is 165. The first-order chi connectivity index (χ1) is 6.45. The zero-order valence-corrected chi connectivity index (χ0v) is 8.08. The molecule has 2 nitrogen and oxygen atoms in total. The zero-order chi connectivity index (χ0) is 8.93. The average Bonchev–Trinajstić information content (AvgIpc) is 2.75. The highest BCUT2D eigenvalue weighted by Gasteiger charge is 2.15. The summed E-state index contributed by atoms with van der Waals surface area (Å²) in [5, 5.41) is 0. The van der Waals surface area contributed by atoms with Crippen molar-refractivity contribution in [3.63, 3.8) is 0 Å². The minimum atomic E-state index is 0.683. The Kier molecular flexibility index (Phi) is 3.39. The molecule has 0 aromatic heterocycles. The molecule has 0 radical (unpaired) electrons. The summed E-state index contributed by atoms with van der Waals surface area (Å²) in [6, 6.07) is 0. The minimum absolute atomic E-state index is 0.683. The van der Waals surface area contributed by atoms with E-state index >= 15 is 0 Å². The monoisotopic (exact) mass is 182 g/mol. The maximum absolute atomic E-state index is 5.32. The van der Waals surface area contributed by atoms with Gasteiger partial charge in [-0.25, -0.2) is 0 Å². The van der Waals surface area contributed by atoms with Gasteiger partial charge in [-0.2, -0.15) is 0 Å². The van der Waals surface area contributed by atoms with Gasteiger partial charge in [-0.1, -0.05) is 12.2 Å². The van der Waals surface area contributed by atoms with Gasteiger partial charge in [0.1, 0.15) is 0 Å². The van der Waals surface area contributed by atoms with Gasteiger partial charge in [0.05, 0.1) is 6.61 Å². The van der Waals surface area contributed by atoms with E-state index in [0.29, 0.717) is 5.92 Å². The molecule has 2 rings (SSSR count). The highest BCUT2D eigenvalue weighted by atomic mass is 16.5. The van der Waals surface area contributed by atoms with Crippen LogP contribution in [0.5, 0.6) is 0 Å². The first-order valence-electron chi connectivity index (χ1n) is 5.27. The summed E-state index contributed by atoms with van der Waals surface area (Å²) in [7, 11) is 0. The molecule has 0 N–H and O–H groups in total. The molecule has 2 saturated heterocycles. The minimum Gasteiger partial charge on any atom is -0.381 e. The molecule has 2 fully saturated rings. The predicted molar refractivity (Wildman–Crippen MR) is 51.6 cm³/mol. The standard InChI is InChI=1S/C11H18O2/c1(2-10-4-6-12-8-10)3-11-5-7-13-9-11/h1-2,10-11H,3-9H2/b2-1+. The summed E-state index contributed by atoms with van der Waals surface area (Å²) in [5.74, 6) is 1.46. The van der Waals surface area contributed by atoms with Crippen LogP contribution in [0.4, 0.5) is 0 Å². The summed E-state index contributed by atoms with van der Waals surface area (Å²) < 4.78 is 10.6. The topological polar surface area (TPSA) is 18.5 Å². The van der Waals surface area contributed by atoms with Crippen LogP contribution in [-0.2, 0) is 9.47 Å². The van der Waals surface area contributed by atoms with Gasteiger partial charge < -0.3 is 9.47 Å². The van der Waals surface area contributed by atoms with Crippen LogP contribution in [0.1, 0.15) is 19.3 Å². The molecule has 0 spiro atoms. The van der Waals surface area contributed by atoms with Crippen molar-refractivity contribution in [2.24, 2.45) is 11.8 Å². The Hall–Kier alpha value is -0.340. The van der Waals surface area contributed by atoms with Crippen LogP contribution in [0.15, 0.2) is 12.2 Å². The van der Waals surface area contributed by atoms with E-state index in [1.807, 2.05) is 0 Å². The number of ether oxygens (including phenoxy) is 2. The van der Waals surface area contributed by atoms with Crippen molar-refractivity contribution in [2.45, 2.75) is 19.3 Å². The lowest BCUT2D eigenvalue weighted by Gasteiger charge is -2.03. The summed E-state index contributed by atoms with van der Waals surface area (Å²) >= 11 is 0. The van der Waals surface area contributed by atoms with Crippen LogP contribution in [0.2, 0.25) is 0 Å². The first kappa shape index (κ1) is 9.22. The summed E-state index contributed by atoms with van der Waals surface area (Å²) in [5.41, 5.74) is 0. The molecule has 0 aliphatic carbocycles. The van der Waals surface area contributed by atoms with Gasteiger partial charge in [0.2, 0.25) is 0 Å². The second kappa shape index (κ2) is 4.77. The molecule has 13 heavy (non-hydrogen) atoms. The average molecular weight is 182 g/mol. The number of allylic oxidation sites excluding steroid dienone is 1. The lowest BCUT2D eigenvalue weighted by Crippen LogP contribution is -1.98. The van der Waals surface area contributed by atoms with Gasteiger partial charge in [-0.15, -0.1) is 0 Å². The van der Waals surface area contributed by atoms with Crippen LogP contribution in [0.25, 0.3) is 0 Å². The number of hydrogen-bond acceptors (Lipinski definition) is 2. The van der Waals surface area contributed by atoms with Gasteiger partial charge in [0.25, 0.3) is 0 Å². The Morgan fingerprint density at radius 3 is 2.62 bits per heavy atom. The van der Waals surface area contributed by atoms with Gasteiger partial charge in [-0.05, 0) is 25.2 Å². The van der Waals surface area contributed by atoms with Crippen molar-refractivity contribution in [3.8, 4) is 0 Å². The molecule has 0 amide bonds. The Balaban J connectivity index is 1.65. The maximum Gasteiger partial charge on any atom is 0.0529 e. The van der Waals surface area contributed by atoms with Crippen LogP contribution in [0, 0.1) is 11.8 Å². The Labute approximate surface area is 79.9 Å². The van der Waals surface area contributed by atoms with E-state index < -0.39 is 0 Å². The second-order valence-electron chi connectivity index (χ2n) is 4.02. The fraction of sp³-hybridized carbons (Fsp3) is 0.818. The molecule has 2 heterocycles. The van der Waals surface area contributed by atoms with Gasteiger partial charge in [0.15, 0.2) is 0 Å². The van der Waals surface area contributed by atoms with E-state index in [0.717, 1.165) is 32.3 Å². The second-order valence-corrected chi connectivity index (χ2v) is 4.02. The predicted octanol–water partition coefficient (Wildman–Crippen LogP) is 2.01. The molecule has 0 bridgehead atoms. The lowest BCUT2D eigenvalue weighted by molar-refractivity contribution is 0.186. The smallest absolute Gasteiger partial charge is 0.0529 e. The highest BCUT2D eigenvalue weighted by Crippen LogP contribution is 2.19. The van der Waals surface area contributed by atoms with Crippen molar-refractivity contribution in [2.75, 3.05) is 26.4 Å². The molecule has 2 aliphatic rings.